The quantitative estimate of drug-likeness (QED) is 0.747. The van der Waals surface area contributed by atoms with Gasteiger partial charge in [0.15, 0.2) is 0 Å². The number of anilines is 3. The molecule has 19 heavy (non-hydrogen) atoms. The first kappa shape index (κ1) is 13.2. The summed E-state index contributed by atoms with van der Waals surface area (Å²) in [4.78, 5) is 0.132. The minimum atomic E-state index is -3.62. The number of benzene rings is 2. The summed E-state index contributed by atoms with van der Waals surface area (Å²) < 4.78 is 26.8. The highest BCUT2D eigenvalue weighted by Crippen LogP contribution is 2.23. The normalized spacial score (nSPS) is 11.0. The highest BCUT2D eigenvalue weighted by Gasteiger charge is 2.15. The summed E-state index contributed by atoms with van der Waals surface area (Å²) in [5, 5.41) is 2.88. The predicted octanol–water partition coefficient (Wildman–Crippen LogP) is 2.11. The molecule has 0 amide bonds. The van der Waals surface area contributed by atoms with Gasteiger partial charge in [0, 0.05) is 12.7 Å². The number of hydrogen-bond donors (Lipinski definition) is 3. The number of rotatable bonds is 4. The van der Waals surface area contributed by atoms with Gasteiger partial charge in [0.2, 0.25) is 0 Å². The van der Waals surface area contributed by atoms with E-state index in [0.717, 1.165) is 0 Å². The van der Waals surface area contributed by atoms with Crippen LogP contribution in [-0.4, -0.2) is 15.5 Å². The largest absolute Gasteiger partial charge is 0.397 e. The molecule has 2 rings (SSSR count). The van der Waals surface area contributed by atoms with Crippen molar-refractivity contribution in [2.75, 3.05) is 22.8 Å². The lowest BCUT2D eigenvalue weighted by Crippen LogP contribution is -2.13. The average molecular weight is 277 g/mol. The maximum atomic E-state index is 12.2. The van der Waals surface area contributed by atoms with Crippen LogP contribution in [0.5, 0.6) is 0 Å². The van der Waals surface area contributed by atoms with Gasteiger partial charge in [-0.2, -0.15) is 0 Å². The Hall–Kier alpha value is -2.21. The first-order chi connectivity index (χ1) is 9.03. The molecule has 0 aliphatic carbocycles. The summed E-state index contributed by atoms with van der Waals surface area (Å²) in [5.74, 6) is 0. The predicted molar refractivity (Wildman–Crippen MR) is 77.7 cm³/mol. The fraction of sp³-hybridized carbons (Fsp3) is 0.0769. The maximum absolute atomic E-state index is 12.2. The zero-order valence-electron chi connectivity index (χ0n) is 10.4. The molecule has 2 aromatic carbocycles. The number of para-hydroxylation sites is 1. The van der Waals surface area contributed by atoms with E-state index < -0.39 is 10.0 Å². The van der Waals surface area contributed by atoms with Crippen LogP contribution in [0.3, 0.4) is 0 Å². The summed E-state index contributed by atoms with van der Waals surface area (Å²) in [5.41, 5.74) is 7.36. The highest BCUT2D eigenvalue weighted by atomic mass is 32.2. The molecule has 2 aromatic rings. The van der Waals surface area contributed by atoms with Crippen LogP contribution in [0.15, 0.2) is 53.4 Å². The summed E-state index contributed by atoms with van der Waals surface area (Å²) in [6.07, 6.45) is 0. The molecule has 0 unspecified atom stereocenters. The molecule has 6 heteroatoms. The molecule has 0 spiro atoms. The molecule has 0 heterocycles. The van der Waals surface area contributed by atoms with Crippen molar-refractivity contribution in [3.63, 3.8) is 0 Å². The molecule has 100 valence electrons. The van der Waals surface area contributed by atoms with E-state index in [0.29, 0.717) is 17.1 Å². The molecular formula is C13H15N3O2S. The van der Waals surface area contributed by atoms with E-state index in [-0.39, 0.29) is 4.90 Å². The van der Waals surface area contributed by atoms with Gasteiger partial charge in [0.25, 0.3) is 10.0 Å². The van der Waals surface area contributed by atoms with E-state index in [1.165, 1.54) is 12.1 Å². The van der Waals surface area contributed by atoms with E-state index >= 15 is 0 Å². The first-order valence-electron chi connectivity index (χ1n) is 5.68. The van der Waals surface area contributed by atoms with Crippen molar-refractivity contribution in [2.24, 2.45) is 0 Å². The van der Waals surface area contributed by atoms with Crippen molar-refractivity contribution < 1.29 is 8.42 Å². The fourth-order valence-corrected chi connectivity index (χ4v) is 2.75. The van der Waals surface area contributed by atoms with Gasteiger partial charge in [-0.05, 0) is 30.3 Å². The molecule has 0 aliphatic rings. The maximum Gasteiger partial charge on any atom is 0.261 e. The standard InChI is InChI=1S/C13H15N3O2S/c1-15-13-8-7-11(9-12(13)14)19(17,18)16-10-5-3-2-4-6-10/h2-9,15-16H,14H2,1H3. The number of nitrogens with two attached hydrogens (primary N) is 1. The molecule has 0 saturated heterocycles. The van der Waals surface area contributed by atoms with Crippen LogP contribution < -0.4 is 15.8 Å². The lowest BCUT2D eigenvalue weighted by atomic mass is 10.3. The molecule has 0 saturated carbocycles. The third kappa shape index (κ3) is 2.97. The second kappa shape index (κ2) is 5.19. The third-order valence-corrected chi connectivity index (χ3v) is 4.01. The zero-order valence-corrected chi connectivity index (χ0v) is 11.2. The van der Waals surface area contributed by atoms with E-state index in [4.69, 9.17) is 5.73 Å². The Labute approximate surface area is 112 Å². The molecule has 0 aromatic heterocycles. The Balaban J connectivity index is 2.32. The van der Waals surface area contributed by atoms with Gasteiger partial charge in [-0.25, -0.2) is 8.42 Å². The summed E-state index contributed by atoms with van der Waals surface area (Å²) in [6, 6.07) is 13.3. The van der Waals surface area contributed by atoms with Crippen LogP contribution in [0.4, 0.5) is 17.1 Å². The monoisotopic (exact) mass is 277 g/mol. The van der Waals surface area contributed by atoms with Crippen molar-refractivity contribution >= 4 is 27.1 Å². The van der Waals surface area contributed by atoms with Crippen molar-refractivity contribution in [3.8, 4) is 0 Å². The number of nitrogens with one attached hydrogen (secondary N) is 2. The SMILES string of the molecule is CNc1ccc(S(=O)(=O)Nc2ccccc2)cc1N. The first-order valence-corrected chi connectivity index (χ1v) is 7.16. The number of nitrogen functional groups attached to an aromatic ring is 1. The smallest absolute Gasteiger partial charge is 0.261 e. The van der Waals surface area contributed by atoms with Gasteiger partial charge < -0.3 is 11.1 Å². The van der Waals surface area contributed by atoms with E-state index in [1.54, 1.807) is 37.4 Å². The van der Waals surface area contributed by atoms with E-state index in [9.17, 15) is 8.42 Å². The second-order valence-corrected chi connectivity index (χ2v) is 5.65. The van der Waals surface area contributed by atoms with Crippen LogP contribution in [-0.2, 0) is 10.0 Å². The van der Waals surface area contributed by atoms with Gasteiger partial charge in [-0.15, -0.1) is 0 Å². The lowest BCUT2D eigenvalue weighted by Gasteiger charge is -2.10. The Bertz CT molecular complexity index is 670. The summed E-state index contributed by atoms with van der Waals surface area (Å²) >= 11 is 0. The molecule has 0 fully saturated rings. The summed E-state index contributed by atoms with van der Waals surface area (Å²) in [6.45, 7) is 0. The molecule has 5 nitrogen and oxygen atoms in total. The third-order valence-electron chi connectivity index (χ3n) is 2.63. The zero-order chi connectivity index (χ0) is 13.9. The van der Waals surface area contributed by atoms with Crippen LogP contribution in [0.2, 0.25) is 0 Å². The van der Waals surface area contributed by atoms with Gasteiger partial charge in [0.1, 0.15) is 0 Å². The molecule has 0 radical (unpaired) electrons. The van der Waals surface area contributed by atoms with Crippen molar-refractivity contribution in [1.29, 1.82) is 0 Å². The van der Waals surface area contributed by atoms with Gasteiger partial charge in [0.05, 0.1) is 16.3 Å². The molecule has 4 N–H and O–H groups in total. The summed E-state index contributed by atoms with van der Waals surface area (Å²) in [7, 11) is -1.89. The van der Waals surface area contributed by atoms with E-state index in [2.05, 4.69) is 10.0 Å². The Kier molecular flexibility index (Phi) is 3.62. The van der Waals surface area contributed by atoms with Gasteiger partial charge in [-0.1, -0.05) is 18.2 Å². The Morgan fingerprint density at radius 3 is 2.32 bits per heavy atom. The lowest BCUT2D eigenvalue weighted by molar-refractivity contribution is 0.601. The molecule has 0 bridgehead atoms. The molecular weight excluding hydrogens is 262 g/mol. The van der Waals surface area contributed by atoms with Gasteiger partial charge >= 0.3 is 0 Å². The van der Waals surface area contributed by atoms with E-state index in [1.807, 2.05) is 6.07 Å². The van der Waals surface area contributed by atoms with Crippen LogP contribution in [0, 0.1) is 0 Å². The highest BCUT2D eigenvalue weighted by molar-refractivity contribution is 7.92. The second-order valence-electron chi connectivity index (χ2n) is 3.97. The fourth-order valence-electron chi connectivity index (χ4n) is 1.66. The minimum Gasteiger partial charge on any atom is -0.397 e. The average Bonchev–Trinajstić information content (AvgIpc) is 2.39. The van der Waals surface area contributed by atoms with Crippen molar-refractivity contribution in [3.05, 3.63) is 48.5 Å². The van der Waals surface area contributed by atoms with Crippen LogP contribution in [0.1, 0.15) is 0 Å². The van der Waals surface area contributed by atoms with Crippen molar-refractivity contribution in [2.45, 2.75) is 4.90 Å². The number of hydrogen-bond acceptors (Lipinski definition) is 4. The Morgan fingerprint density at radius 2 is 1.74 bits per heavy atom. The van der Waals surface area contributed by atoms with Crippen LogP contribution >= 0.6 is 0 Å². The minimum absolute atomic E-state index is 0.132. The van der Waals surface area contributed by atoms with Gasteiger partial charge in [-0.3, -0.25) is 4.72 Å². The molecule has 0 aliphatic heterocycles. The Morgan fingerprint density at radius 1 is 1.05 bits per heavy atom. The van der Waals surface area contributed by atoms with Crippen molar-refractivity contribution in [1.82, 2.24) is 0 Å². The van der Waals surface area contributed by atoms with Crippen LogP contribution in [0.25, 0.3) is 0 Å². The molecule has 0 atom stereocenters. The number of sulfonamides is 1. The topological polar surface area (TPSA) is 84.2 Å².